The third kappa shape index (κ3) is 2.85. The minimum Gasteiger partial charge on any atom is -0.499 e. The lowest BCUT2D eigenvalue weighted by Crippen LogP contribution is -2.61. The molecule has 1 heterocycles. The summed E-state index contributed by atoms with van der Waals surface area (Å²) >= 11 is 0. The molecule has 8 nitrogen and oxygen atoms in total. The minimum atomic E-state index is -1.31. The van der Waals surface area contributed by atoms with Crippen molar-refractivity contribution in [1.82, 2.24) is 0 Å². The van der Waals surface area contributed by atoms with E-state index in [-0.39, 0.29) is 12.7 Å². The van der Waals surface area contributed by atoms with E-state index < -0.39 is 35.1 Å². The van der Waals surface area contributed by atoms with Gasteiger partial charge in [-0.15, -0.1) is 6.58 Å². The van der Waals surface area contributed by atoms with Gasteiger partial charge < -0.3 is 33.5 Å². The van der Waals surface area contributed by atoms with Crippen molar-refractivity contribution in [2.45, 2.75) is 44.0 Å². The van der Waals surface area contributed by atoms with Gasteiger partial charge in [-0.25, -0.2) is 0 Å². The van der Waals surface area contributed by atoms with E-state index in [1.807, 2.05) is 18.2 Å². The van der Waals surface area contributed by atoms with Crippen molar-refractivity contribution in [2.75, 3.05) is 28.1 Å². The number of fused-ring (bicyclic) bond motifs is 3. The normalized spacial score (nSPS) is 34.6. The number of carbonyl (C=O) groups excluding carboxylic acids is 1. The standard InChI is InChI=1S/C24H30O8/c1-7-8-23-11-18(28-5)21(26)24(29-6,22(23)32-14(3)25)19(13(23)2)15-9-16(27-4)20-17(10-15)30-12-31-20/h7,9-11,13,19,21-22,26H,1,8,12H2,2-6H3/t13-,19?,21-,22+,23+,24+/m0/s1. The lowest BCUT2D eigenvalue weighted by Gasteiger charge is -2.47. The second-order valence-electron chi connectivity index (χ2n) is 8.53. The van der Waals surface area contributed by atoms with Crippen LogP contribution in [0.1, 0.15) is 31.7 Å². The Morgan fingerprint density at radius 2 is 2.03 bits per heavy atom. The highest BCUT2D eigenvalue weighted by molar-refractivity contribution is 5.67. The molecule has 1 aromatic carbocycles. The van der Waals surface area contributed by atoms with Crippen molar-refractivity contribution in [3.63, 3.8) is 0 Å². The van der Waals surface area contributed by atoms with Crippen LogP contribution in [0.15, 0.2) is 36.6 Å². The SMILES string of the molecule is C=CC[C@@]12C=C(OC)[C@H](O)[C@](OC)(C(c3cc(OC)c4c(c3)OCO4)[C@@H]1C)[C@@H]2OC(C)=O. The Morgan fingerprint density at radius 1 is 1.28 bits per heavy atom. The molecule has 6 atom stereocenters. The quantitative estimate of drug-likeness (QED) is 0.505. The van der Waals surface area contributed by atoms with E-state index in [1.54, 1.807) is 13.2 Å². The molecule has 1 unspecified atom stereocenters. The lowest BCUT2D eigenvalue weighted by atomic mass is 9.69. The predicted octanol–water partition coefficient (Wildman–Crippen LogP) is 2.94. The van der Waals surface area contributed by atoms with Crippen LogP contribution in [0, 0.1) is 11.3 Å². The third-order valence-electron chi connectivity index (χ3n) is 7.25. The molecule has 0 radical (unpaired) electrons. The van der Waals surface area contributed by atoms with Crippen molar-refractivity contribution >= 4 is 5.97 Å². The summed E-state index contributed by atoms with van der Waals surface area (Å²) in [6, 6.07) is 3.74. The topological polar surface area (TPSA) is 92.7 Å². The Labute approximate surface area is 187 Å². The number of hydrogen-bond donors (Lipinski definition) is 1. The Hall–Kier alpha value is -2.71. The Morgan fingerprint density at radius 3 is 2.62 bits per heavy atom. The summed E-state index contributed by atoms with van der Waals surface area (Å²) in [4.78, 5) is 12.2. The number of methoxy groups -OCH3 is 3. The summed E-state index contributed by atoms with van der Waals surface area (Å²) in [5.41, 5.74) is -1.21. The highest BCUT2D eigenvalue weighted by Crippen LogP contribution is 2.66. The molecule has 32 heavy (non-hydrogen) atoms. The van der Waals surface area contributed by atoms with Crippen LogP contribution in [-0.2, 0) is 19.0 Å². The molecule has 4 rings (SSSR count). The lowest BCUT2D eigenvalue weighted by molar-refractivity contribution is -0.201. The molecule has 1 aromatic rings. The first-order valence-electron chi connectivity index (χ1n) is 10.6. The molecule has 0 aromatic heterocycles. The highest BCUT2D eigenvalue weighted by atomic mass is 16.7. The van der Waals surface area contributed by atoms with Gasteiger partial charge in [-0.1, -0.05) is 13.0 Å². The Bertz CT molecular complexity index is 956. The van der Waals surface area contributed by atoms with Gasteiger partial charge >= 0.3 is 5.97 Å². The monoisotopic (exact) mass is 446 g/mol. The van der Waals surface area contributed by atoms with Gasteiger partial charge in [0, 0.05) is 25.4 Å². The van der Waals surface area contributed by atoms with E-state index in [2.05, 4.69) is 13.5 Å². The number of rotatable bonds is 7. The van der Waals surface area contributed by atoms with Crippen molar-refractivity contribution < 1.29 is 38.3 Å². The van der Waals surface area contributed by atoms with Crippen molar-refractivity contribution in [1.29, 1.82) is 0 Å². The zero-order valence-corrected chi connectivity index (χ0v) is 19.0. The average molecular weight is 446 g/mol. The minimum absolute atomic E-state index is 0.0965. The molecule has 8 heteroatoms. The Kier molecular flexibility index (Phi) is 5.63. The zero-order valence-electron chi connectivity index (χ0n) is 19.0. The van der Waals surface area contributed by atoms with Gasteiger partial charge in [-0.3, -0.25) is 4.79 Å². The van der Waals surface area contributed by atoms with Gasteiger partial charge in [0.15, 0.2) is 11.5 Å². The van der Waals surface area contributed by atoms with Crippen LogP contribution in [0.3, 0.4) is 0 Å². The smallest absolute Gasteiger partial charge is 0.303 e. The summed E-state index contributed by atoms with van der Waals surface area (Å²) in [5, 5.41) is 11.5. The first kappa shape index (κ1) is 22.5. The van der Waals surface area contributed by atoms with Crippen LogP contribution < -0.4 is 14.2 Å². The molecule has 3 aliphatic rings. The summed E-state index contributed by atoms with van der Waals surface area (Å²) in [7, 11) is 4.59. The Balaban J connectivity index is 1.99. The molecule has 1 aliphatic heterocycles. The van der Waals surface area contributed by atoms with E-state index >= 15 is 0 Å². The predicted molar refractivity (Wildman–Crippen MR) is 115 cm³/mol. The number of hydrogen-bond acceptors (Lipinski definition) is 8. The fourth-order valence-corrected chi connectivity index (χ4v) is 5.97. The molecule has 0 amide bonds. The van der Waals surface area contributed by atoms with Gasteiger partial charge in [0.2, 0.25) is 12.5 Å². The highest BCUT2D eigenvalue weighted by Gasteiger charge is 2.73. The summed E-state index contributed by atoms with van der Waals surface area (Å²) in [5.74, 6) is 0.976. The van der Waals surface area contributed by atoms with E-state index in [9.17, 15) is 9.90 Å². The molecule has 1 N–H and O–H groups in total. The van der Waals surface area contributed by atoms with Crippen LogP contribution in [0.2, 0.25) is 0 Å². The number of benzene rings is 1. The first-order valence-corrected chi connectivity index (χ1v) is 10.6. The summed E-state index contributed by atoms with van der Waals surface area (Å²) in [6.45, 7) is 7.45. The molecule has 1 saturated carbocycles. The maximum Gasteiger partial charge on any atom is 0.303 e. The van der Waals surface area contributed by atoms with Crippen LogP contribution in [0.5, 0.6) is 17.2 Å². The largest absolute Gasteiger partial charge is 0.499 e. The van der Waals surface area contributed by atoms with E-state index in [0.717, 1.165) is 5.56 Å². The molecule has 1 fully saturated rings. The molecular formula is C24H30O8. The second kappa shape index (κ2) is 8.01. The molecule has 0 saturated heterocycles. The maximum atomic E-state index is 12.2. The van der Waals surface area contributed by atoms with Crippen molar-refractivity contribution in [2.24, 2.45) is 11.3 Å². The van der Waals surface area contributed by atoms with Gasteiger partial charge in [0.05, 0.1) is 14.2 Å². The summed E-state index contributed by atoms with van der Waals surface area (Å²) in [6.07, 6.45) is 2.21. The average Bonchev–Trinajstić information content (AvgIpc) is 3.30. The van der Waals surface area contributed by atoms with E-state index in [1.165, 1.54) is 21.1 Å². The number of ether oxygens (including phenoxy) is 6. The molecule has 0 spiro atoms. The van der Waals surface area contributed by atoms with Gasteiger partial charge in [0.1, 0.15) is 23.6 Å². The maximum absolute atomic E-state index is 12.2. The third-order valence-corrected chi connectivity index (χ3v) is 7.25. The number of carbonyl (C=O) groups is 1. The fraction of sp³-hybridized carbons (Fsp3) is 0.542. The number of esters is 1. The van der Waals surface area contributed by atoms with Gasteiger partial charge in [-0.2, -0.15) is 0 Å². The number of aliphatic hydroxyl groups excluding tert-OH is 1. The van der Waals surface area contributed by atoms with E-state index in [4.69, 9.17) is 28.4 Å². The van der Waals surface area contributed by atoms with Crippen molar-refractivity contribution in [3.05, 3.63) is 42.2 Å². The van der Waals surface area contributed by atoms with Gasteiger partial charge in [-0.05, 0) is 36.1 Å². The molecule has 174 valence electrons. The van der Waals surface area contributed by atoms with Crippen LogP contribution in [0.4, 0.5) is 0 Å². The van der Waals surface area contributed by atoms with Gasteiger partial charge in [0.25, 0.3) is 0 Å². The number of allylic oxidation sites excluding steroid dienone is 1. The van der Waals surface area contributed by atoms with E-state index in [0.29, 0.717) is 29.4 Å². The molecular weight excluding hydrogens is 416 g/mol. The number of aliphatic hydroxyl groups is 1. The van der Waals surface area contributed by atoms with Crippen LogP contribution in [-0.4, -0.2) is 57.0 Å². The molecule has 2 aliphatic carbocycles. The summed E-state index contributed by atoms with van der Waals surface area (Å²) < 4.78 is 34.4. The zero-order chi connectivity index (χ0) is 23.3. The molecule has 2 bridgehead atoms. The second-order valence-corrected chi connectivity index (χ2v) is 8.53. The van der Waals surface area contributed by atoms with Crippen LogP contribution in [0.25, 0.3) is 0 Å². The van der Waals surface area contributed by atoms with Crippen molar-refractivity contribution in [3.8, 4) is 17.2 Å². The fourth-order valence-electron chi connectivity index (χ4n) is 5.97. The van der Waals surface area contributed by atoms with Crippen LogP contribution >= 0.6 is 0 Å². The first-order chi connectivity index (χ1) is 15.3.